The van der Waals surface area contributed by atoms with Gasteiger partial charge in [0.25, 0.3) is 0 Å². The molecule has 0 saturated heterocycles. The molecule has 0 spiro atoms. The molecule has 2 nitrogen and oxygen atoms in total. The Bertz CT molecular complexity index is 326. The fourth-order valence-corrected chi connectivity index (χ4v) is 1.80. The summed E-state index contributed by atoms with van der Waals surface area (Å²) in [6, 6.07) is 7.67. The van der Waals surface area contributed by atoms with Crippen LogP contribution < -0.4 is 0 Å². The van der Waals surface area contributed by atoms with E-state index in [0.717, 1.165) is 10.0 Å². The van der Waals surface area contributed by atoms with E-state index in [9.17, 15) is 8.42 Å². The first-order valence-corrected chi connectivity index (χ1v) is 5.70. The van der Waals surface area contributed by atoms with E-state index >= 15 is 0 Å². The molecule has 0 N–H and O–H groups in total. The number of hydrogen-bond acceptors (Lipinski definition) is 2. The lowest BCUT2D eigenvalue weighted by Crippen LogP contribution is -1.93. The first-order chi connectivity index (χ1) is 5.68. The summed E-state index contributed by atoms with van der Waals surface area (Å²) < 4.78 is 21.6. The van der Waals surface area contributed by atoms with E-state index in [2.05, 4.69) is 15.9 Å². The van der Waals surface area contributed by atoms with Crippen LogP contribution in [0.5, 0.6) is 0 Å². The molecule has 0 fully saturated rings. The maximum atomic E-state index is 10.3. The zero-order chi connectivity index (χ0) is 8.97. The second-order valence-corrected chi connectivity index (χ2v) is 4.46. The molecule has 0 bridgehead atoms. The molecular formula is C8H9BrO2S. The van der Waals surface area contributed by atoms with Crippen LogP contribution in [0, 0.1) is 0 Å². The molecule has 12 heavy (non-hydrogen) atoms. The van der Waals surface area contributed by atoms with Crippen LogP contribution in [0.25, 0.3) is 0 Å². The van der Waals surface area contributed by atoms with Crippen molar-refractivity contribution < 1.29 is 8.42 Å². The summed E-state index contributed by atoms with van der Waals surface area (Å²) in [5, 5.41) is 0. The summed E-state index contributed by atoms with van der Waals surface area (Å²) in [6.45, 7) is 0. The number of rotatable bonds is 3. The van der Waals surface area contributed by atoms with E-state index in [1.165, 1.54) is 0 Å². The van der Waals surface area contributed by atoms with Crippen molar-refractivity contribution in [3.05, 3.63) is 34.3 Å². The van der Waals surface area contributed by atoms with Gasteiger partial charge in [-0.2, -0.15) is 0 Å². The molecule has 0 radical (unpaired) electrons. The van der Waals surface area contributed by atoms with Crippen molar-refractivity contribution in [2.75, 3.05) is 5.75 Å². The third-order valence-electron chi connectivity index (χ3n) is 1.47. The molecule has 0 aliphatic carbocycles. The van der Waals surface area contributed by atoms with E-state index in [0.29, 0.717) is 6.42 Å². The maximum absolute atomic E-state index is 10.3. The van der Waals surface area contributed by atoms with Crippen LogP contribution in [-0.2, 0) is 17.1 Å². The summed E-state index contributed by atoms with van der Waals surface area (Å²) in [7, 11) is -2.25. The number of halogens is 1. The van der Waals surface area contributed by atoms with Gasteiger partial charge in [0.05, 0.1) is 5.75 Å². The number of thiol groups is 1. The van der Waals surface area contributed by atoms with Crippen molar-refractivity contribution in [3.63, 3.8) is 0 Å². The van der Waals surface area contributed by atoms with Crippen LogP contribution in [0.2, 0.25) is 0 Å². The molecule has 0 atom stereocenters. The van der Waals surface area contributed by atoms with Gasteiger partial charge < -0.3 is 0 Å². The fraction of sp³-hybridized carbons (Fsp3) is 0.250. The second kappa shape index (κ2) is 4.62. The minimum atomic E-state index is -2.25. The van der Waals surface area contributed by atoms with Gasteiger partial charge in [0.15, 0.2) is 0 Å². The van der Waals surface area contributed by atoms with E-state index in [1.807, 2.05) is 24.3 Å². The van der Waals surface area contributed by atoms with Crippen molar-refractivity contribution in [1.82, 2.24) is 0 Å². The Labute approximate surface area is 81.7 Å². The van der Waals surface area contributed by atoms with Gasteiger partial charge in [-0.1, -0.05) is 28.1 Å². The van der Waals surface area contributed by atoms with Crippen LogP contribution in [0.4, 0.5) is 0 Å². The highest BCUT2D eigenvalue weighted by atomic mass is 79.9. The number of hydrogen-bond donors (Lipinski definition) is 1. The predicted molar refractivity (Wildman–Crippen MR) is 53.0 cm³/mol. The molecule has 0 amide bonds. The van der Waals surface area contributed by atoms with Crippen molar-refractivity contribution in [3.8, 4) is 0 Å². The highest BCUT2D eigenvalue weighted by Crippen LogP contribution is 2.11. The molecule has 0 heterocycles. The lowest BCUT2D eigenvalue weighted by Gasteiger charge is -1.96. The Hall–Kier alpha value is -0.350. The topological polar surface area (TPSA) is 34.1 Å². The second-order valence-electron chi connectivity index (χ2n) is 2.44. The Morgan fingerprint density at radius 2 is 2.08 bits per heavy atom. The predicted octanol–water partition coefficient (Wildman–Crippen LogP) is 1.60. The third kappa shape index (κ3) is 3.36. The Morgan fingerprint density at radius 3 is 2.67 bits per heavy atom. The maximum Gasteiger partial charge on any atom is 0.140 e. The van der Waals surface area contributed by atoms with Crippen LogP contribution in [0.3, 0.4) is 0 Å². The first kappa shape index (κ1) is 9.74. The normalized spacial score (nSPS) is 10.5. The van der Waals surface area contributed by atoms with E-state index in [1.54, 1.807) is 0 Å². The molecule has 0 aromatic heterocycles. The lowest BCUT2D eigenvalue weighted by molar-refractivity contribution is 0.614. The zero-order valence-electron chi connectivity index (χ0n) is 6.37. The molecule has 0 aliphatic rings. The third-order valence-corrected chi connectivity index (χ3v) is 2.55. The van der Waals surface area contributed by atoms with Gasteiger partial charge >= 0.3 is 0 Å². The van der Waals surface area contributed by atoms with Gasteiger partial charge in [0.1, 0.15) is 10.7 Å². The molecule has 0 unspecified atom stereocenters. The minimum absolute atomic E-state index is 0.228. The zero-order valence-corrected chi connectivity index (χ0v) is 8.85. The van der Waals surface area contributed by atoms with Gasteiger partial charge in [-0.25, -0.2) is 8.42 Å². The highest BCUT2D eigenvalue weighted by molar-refractivity contribution is 9.10. The van der Waals surface area contributed by atoms with Crippen molar-refractivity contribution in [1.29, 1.82) is 0 Å². The van der Waals surface area contributed by atoms with E-state index in [-0.39, 0.29) is 5.75 Å². The van der Waals surface area contributed by atoms with Gasteiger partial charge in [0, 0.05) is 4.47 Å². The van der Waals surface area contributed by atoms with Gasteiger partial charge in [-0.15, -0.1) is 0 Å². The summed E-state index contributed by atoms with van der Waals surface area (Å²) in [6.07, 6.45) is 0.595. The summed E-state index contributed by atoms with van der Waals surface area (Å²) >= 11 is 3.32. The molecule has 4 heteroatoms. The van der Waals surface area contributed by atoms with E-state index < -0.39 is 10.7 Å². The van der Waals surface area contributed by atoms with Gasteiger partial charge in [-0.3, -0.25) is 0 Å². The van der Waals surface area contributed by atoms with Gasteiger partial charge in [-0.05, 0) is 24.1 Å². The quantitative estimate of drug-likeness (QED) is 0.825. The molecular weight excluding hydrogens is 240 g/mol. The van der Waals surface area contributed by atoms with Crippen molar-refractivity contribution >= 4 is 26.6 Å². The Balaban J connectivity index is 2.63. The average Bonchev–Trinajstić information content (AvgIpc) is 2.01. The Morgan fingerprint density at radius 1 is 1.33 bits per heavy atom. The van der Waals surface area contributed by atoms with Gasteiger partial charge in [0.2, 0.25) is 0 Å². The van der Waals surface area contributed by atoms with Crippen LogP contribution >= 0.6 is 15.9 Å². The number of benzene rings is 1. The summed E-state index contributed by atoms with van der Waals surface area (Å²) in [5.41, 5.74) is 1.04. The molecule has 0 aliphatic heterocycles. The van der Waals surface area contributed by atoms with E-state index in [4.69, 9.17) is 0 Å². The largest absolute Gasteiger partial charge is 0.232 e. The SMILES string of the molecule is O=[SH](=O)CCc1cccc(Br)c1. The van der Waals surface area contributed by atoms with Crippen LogP contribution in [-0.4, -0.2) is 14.2 Å². The minimum Gasteiger partial charge on any atom is -0.232 e. The summed E-state index contributed by atoms with van der Waals surface area (Å²) in [5.74, 6) is 0.228. The summed E-state index contributed by atoms with van der Waals surface area (Å²) in [4.78, 5) is 0. The fourth-order valence-electron chi connectivity index (χ4n) is 0.913. The molecule has 1 aromatic carbocycles. The molecule has 66 valence electrons. The van der Waals surface area contributed by atoms with Crippen molar-refractivity contribution in [2.45, 2.75) is 6.42 Å². The molecule has 0 saturated carbocycles. The standard InChI is InChI=1S/C8H9BrO2S/c9-8-3-1-2-7(6-8)4-5-12(10)11/h1-3,6,12H,4-5H2. The Kier molecular flexibility index (Phi) is 3.75. The lowest BCUT2D eigenvalue weighted by atomic mass is 10.2. The van der Waals surface area contributed by atoms with Crippen LogP contribution in [0.1, 0.15) is 5.56 Å². The monoisotopic (exact) mass is 248 g/mol. The molecule has 1 aromatic rings. The first-order valence-electron chi connectivity index (χ1n) is 3.55. The average molecular weight is 249 g/mol. The molecule has 1 rings (SSSR count). The van der Waals surface area contributed by atoms with Crippen molar-refractivity contribution in [2.24, 2.45) is 0 Å². The highest BCUT2D eigenvalue weighted by Gasteiger charge is 1.94. The smallest absolute Gasteiger partial charge is 0.140 e. The number of aryl methyl sites for hydroxylation is 1. The van der Waals surface area contributed by atoms with Crippen LogP contribution in [0.15, 0.2) is 28.7 Å².